The smallest absolute Gasteiger partial charge is 0.232 e. The van der Waals surface area contributed by atoms with Crippen LogP contribution in [-0.2, 0) is 4.79 Å². The summed E-state index contributed by atoms with van der Waals surface area (Å²) in [7, 11) is 0. The van der Waals surface area contributed by atoms with Gasteiger partial charge < -0.3 is 11.1 Å². The molecule has 3 nitrogen and oxygen atoms in total. The Morgan fingerprint density at radius 1 is 1.40 bits per heavy atom. The van der Waals surface area contributed by atoms with E-state index in [1.807, 2.05) is 0 Å². The number of nitrogens with one attached hydrogen (secondary N) is 1. The van der Waals surface area contributed by atoms with E-state index in [1.165, 1.54) is 6.07 Å². The maximum Gasteiger partial charge on any atom is 0.232 e. The maximum absolute atomic E-state index is 13.3. The summed E-state index contributed by atoms with van der Waals surface area (Å²) in [6, 6.07) is 2.45. The average molecular weight is 212 g/mol. The number of amides is 1. The van der Waals surface area contributed by atoms with Gasteiger partial charge in [0.2, 0.25) is 5.91 Å². The van der Waals surface area contributed by atoms with Gasteiger partial charge in [-0.25, -0.2) is 8.78 Å². The van der Waals surface area contributed by atoms with Gasteiger partial charge in [0.25, 0.3) is 0 Å². The van der Waals surface area contributed by atoms with Crippen molar-refractivity contribution in [2.24, 2.45) is 5.73 Å². The number of nitrogens with two attached hydrogens (primary N) is 1. The SMILES string of the molecule is NCCC1C(=O)Nc2c1ccc(F)c2F. The van der Waals surface area contributed by atoms with Crippen LogP contribution in [0.2, 0.25) is 0 Å². The first-order valence-corrected chi connectivity index (χ1v) is 4.64. The number of hydrogen-bond donors (Lipinski definition) is 2. The molecular formula is C10H10F2N2O. The fourth-order valence-corrected chi connectivity index (χ4v) is 1.79. The van der Waals surface area contributed by atoms with Gasteiger partial charge in [-0.05, 0) is 24.6 Å². The lowest BCUT2D eigenvalue weighted by Gasteiger charge is -2.06. The van der Waals surface area contributed by atoms with Crippen molar-refractivity contribution in [2.45, 2.75) is 12.3 Å². The minimum absolute atomic E-state index is 0.0431. The van der Waals surface area contributed by atoms with E-state index in [0.717, 1.165) is 6.07 Å². The van der Waals surface area contributed by atoms with Crippen molar-refractivity contribution in [1.29, 1.82) is 0 Å². The Bertz CT molecular complexity index is 420. The van der Waals surface area contributed by atoms with Gasteiger partial charge >= 0.3 is 0 Å². The lowest BCUT2D eigenvalue weighted by atomic mass is 9.97. The molecule has 1 unspecified atom stereocenters. The molecule has 3 N–H and O–H groups in total. The summed E-state index contributed by atoms with van der Waals surface area (Å²) in [4.78, 5) is 11.4. The molecule has 0 saturated carbocycles. The van der Waals surface area contributed by atoms with E-state index in [1.54, 1.807) is 0 Å². The predicted octanol–water partition coefficient (Wildman–Crippen LogP) is 1.35. The molecule has 1 amide bonds. The third-order valence-corrected chi connectivity index (χ3v) is 2.52. The first-order valence-electron chi connectivity index (χ1n) is 4.64. The van der Waals surface area contributed by atoms with E-state index >= 15 is 0 Å². The number of anilines is 1. The lowest BCUT2D eigenvalue weighted by Crippen LogP contribution is -2.15. The first kappa shape index (κ1) is 10.0. The molecule has 0 aromatic heterocycles. The lowest BCUT2D eigenvalue weighted by molar-refractivity contribution is -0.117. The van der Waals surface area contributed by atoms with Gasteiger partial charge in [-0.1, -0.05) is 6.07 Å². The highest BCUT2D eigenvalue weighted by Crippen LogP contribution is 2.36. The zero-order valence-electron chi connectivity index (χ0n) is 7.89. The molecular weight excluding hydrogens is 202 g/mol. The summed E-state index contributed by atoms with van der Waals surface area (Å²) in [6.45, 7) is 0.330. The number of hydrogen-bond acceptors (Lipinski definition) is 2. The summed E-state index contributed by atoms with van der Waals surface area (Å²) >= 11 is 0. The van der Waals surface area contributed by atoms with Crippen LogP contribution in [0.15, 0.2) is 12.1 Å². The van der Waals surface area contributed by atoms with Gasteiger partial charge in [-0.3, -0.25) is 4.79 Å². The molecule has 80 valence electrons. The Hall–Kier alpha value is -1.49. The summed E-state index contributed by atoms with van der Waals surface area (Å²) in [5.41, 5.74) is 5.79. The molecule has 2 rings (SSSR count). The van der Waals surface area contributed by atoms with Gasteiger partial charge in [0.1, 0.15) is 0 Å². The molecule has 0 saturated heterocycles. The molecule has 1 aliphatic heterocycles. The molecule has 15 heavy (non-hydrogen) atoms. The van der Waals surface area contributed by atoms with Gasteiger partial charge in [0.15, 0.2) is 11.6 Å². The van der Waals surface area contributed by atoms with Crippen LogP contribution in [0.25, 0.3) is 0 Å². The second-order valence-corrected chi connectivity index (χ2v) is 3.44. The molecule has 1 atom stereocenters. The van der Waals surface area contributed by atoms with E-state index in [9.17, 15) is 13.6 Å². The number of carbonyl (C=O) groups is 1. The fourth-order valence-electron chi connectivity index (χ4n) is 1.79. The van der Waals surface area contributed by atoms with Crippen LogP contribution >= 0.6 is 0 Å². The second kappa shape index (κ2) is 3.58. The van der Waals surface area contributed by atoms with Crippen molar-refractivity contribution < 1.29 is 13.6 Å². The predicted molar refractivity (Wildman–Crippen MR) is 51.4 cm³/mol. The van der Waals surface area contributed by atoms with Gasteiger partial charge in [0.05, 0.1) is 11.6 Å². The Morgan fingerprint density at radius 2 is 2.13 bits per heavy atom. The molecule has 1 aromatic rings. The molecule has 0 bridgehead atoms. The maximum atomic E-state index is 13.3. The number of halogens is 2. The molecule has 5 heteroatoms. The Kier molecular flexibility index (Phi) is 2.40. The molecule has 0 aliphatic carbocycles. The van der Waals surface area contributed by atoms with Crippen LogP contribution in [0, 0.1) is 11.6 Å². The highest BCUT2D eigenvalue weighted by molar-refractivity contribution is 6.03. The highest BCUT2D eigenvalue weighted by Gasteiger charge is 2.32. The van der Waals surface area contributed by atoms with Crippen LogP contribution in [0.3, 0.4) is 0 Å². The van der Waals surface area contributed by atoms with Crippen LogP contribution < -0.4 is 11.1 Å². The number of carbonyl (C=O) groups excluding carboxylic acids is 1. The monoisotopic (exact) mass is 212 g/mol. The molecule has 1 heterocycles. The summed E-state index contributed by atoms with van der Waals surface area (Å²) in [5.74, 6) is -2.73. The Morgan fingerprint density at radius 3 is 2.80 bits per heavy atom. The second-order valence-electron chi connectivity index (χ2n) is 3.44. The van der Waals surface area contributed by atoms with Gasteiger partial charge in [-0.15, -0.1) is 0 Å². The minimum atomic E-state index is -1.000. The topological polar surface area (TPSA) is 55.1 Å². The van der Waals surface area contributed by atoms with Gasteiger partial charge in [0, 0.05) is 0 Å². The highest BCUT2D eigenvalue weighted by atomic mass is 19.2. The van der Waals surface area contributed by atoms with E-state index < -0.39 is 17.6 Å². The van der Waals surface area contributed by atoms with Crippen molar-refractivity contribution >= 4 is 11.6 Å². The van der Waals surface area contributed by atoms with E-state index in [2.05, 4.69) is 5.32 Å². The molecule has 0 radical (unpaired) electrons. The third-order valence-electron chi connectivity index (χ3n) is 2.52. The average Bonchev–Trinajstić information content (AvgIpc) is 2.52. The standard InChI is InChI=1S/C10H10F2N2O/c11-7-2-1-5-6(3-4-13)10(15)14-9(5)8(7)12/h1-2,6H,3-4,13H2,(H,14,15). The number of fused-ring (bicyclic) bond motifs is 1. The fraction of sp³-hybridized carbons (Fsp3) is 0.300. The summed E-state index contributed by atoms with van der Waals surface area (Å²) in [5, 5.41) is 2.33. The van der Waals surface area contributed by atoms with Crippen molar-refractivity contribution in [2.75, 3.05) is 11.9 Å². The Labute approximate surface area is 85.3 Å². The first-order chi connectivity index (χ1) is 7.15. The Balaban J connectivity index is 2.47. The van der Waals surface area contributed by atoms with Crippen LogP contribution in [0.5, 0.6) is 0 Å². The quantitative estimate of drug-likeness (QED) is 0.777. The van der Waals surface area contributed by atoms with Crippen molar-refractivity contribution in [3.05, 3.63) is 29.3 Å². The van der Waals surface area contributed by atoms with E-state index in [-0.39, 0.29) is 11.6 Å². The normalized spacial score (nSPS) is 18.9. The van der Waals surface area contributed by atoms with Crippen LogP contribution in [-0.4, -0.2) is 12.5 Å². The molecule has 1 aliphatic rings. The van der Waals surface area contributed by atoms with Crippen molar-refractivity contribution in [1.82, 2.24) is 0 Å². The van der Waals surface area contributed by atoms with Crippen molar-refractivity contribution in [3.8, 4) is 0 Å². The number of benzene rings is 1. The van der Waals surface area contributed by atoms with Crippen LogP contribution in [0.1, 0.15) is 17.9 Å². The van der Waals surface area contributed by atoms with E-state index in [4.69, 9.17) is 5.73 Å². The van der Waals surface area contributed by atoms with Crippen molar-refractivity contribution in [3.63, 3.8) is 0 Å². The van der Waals surface area contributed by atoms with Crippen LogP contribution in [0.4, 0.5) is 14.5 Å². The van der Waals surface area contributed by atoms with Gasteiger partial charge in [-0.2, -0.15) is 0 Å². The molecule has 0 spiro atoms. The largest absolute Gasteiger partial charge is 0.330 e. The van der Waals surface area contributed by atoms with E-state index in [0.29, 0.717) is 18.5 Å². The summed E-state index contributed by atoms with van der Waals surface area (Å²) in [6.07, 6.45) is 0.434. The zero-order valence-corrected chi connectivity index (χ0v) is 7.89. The minimum Gasteiger partial charge on any atom is -0.330 e. The molecule has 1 aromatic carbocycles. The summed E-state index contributed by atoms with van der Waals surface area (Å²) < 4.78 is 26.1. The zero-order chi connectivity index (χ0) is 11.0. The third kappa shape index (κ3) is 1.48. The number of rotatable bonds is 2. The molecule has 0 fully saturated rings.